The molecule has 0 amide bonds. The molecule has 10 nitrogen and oxygen atoms in total. The highest BCUT2D eigenvalue weighted by molar-refractivity contribution is 5.57. The number of hydrogen-bond acceptors (Lipinski definition) is 8. The second-order valence-electron chi connectivity index (χ2n) is 11.4. The number of aryl methyl sites for hydroxylation is 4. The van der Waals surface area contributed by atoms with Crippen LogP contribution in [0.15, 0.2) is 54.9 Å². The molecule has 0 radical (unpaired) electrons. The summed E-state index contributed by atoms with van der Waals surface area (Å²) in [6, 6.07) is 15.6. The van der Waals surface area contributed by atoms with E-state index in [0.717, 1.165) is 71.0 Å². The summed E-state index contributed by atoms with van der Waals surface area (Å²) in [7, 11) is 0. The van der Waals surface area contributed by atoms with Crippen LogP contribution in [-0.4, -0.2) is 70.0 Å². The minimum atomic E-state index is 0.527. The zero-order valence-corrected chi connectivity index (χ0v) is 23.9. The van der Waals surface area contributed by atoms with Crippen molar-refractivity contribution in [3.63, 3.8) is 0 Å². The SMILES string of the molecule is Cc1cc(Cc2cc(C)[nH]n2)nc(-c2ccc(N3CC4CC(C3)N4Cc3ccc(-n4nc(C)cc4C)nc3)nc2)n1. The smallest absolute Gasteiger partial charge is 0.161 e. The van der Waals surface area contributed by atoms with Crippen molar-refractivity contribution in [3.8, 4) is 17.2 Å². The van der Waals surface area contributed by atoms with E-state index in [1.54, 1.807) is 0 Å². The van der Waals surface area contributed by atoms with Gasteiger partial charge in [-0.25, -0.2) is 24.6 Å². The molecule has 41 heavy (non-hydrogen) atoms. The molecule has 0 saturated carbocycles. The minimum absolute atomic E-state index is 0.527. The molecule has 0 aliphatic carbocycles. The van der Waals surface area contributed by atoms with E-state index in [1.807, 2.05) is 43.9 Å². The lowest BCUT2D eigenvalue weighted by atomic mass is 9.87. The summed E-state index contributed by atoms with van der Waals surface area (Å²) in [5, 5.41) is 11.9. The number of nitrogens with one attached hydrogen (secondary N) is 1. The van der Waals surface area contributed by atoms with Crippen LogP contribution in [-0.2, 0) is 13.0 Å². The number of nitrogens with zero attached hydrogens (tertiary/aromatic N) is 9. The number of H-pyrrole nitrogens is 1. The minimum Gasteiger partial charge on any atom is -0.353 e. The fourth-order valence-electron chi connectivity index (χ4n) is 6.15. The van der Waals surface area contributed by atoms with E-state index >= 15 is 0 Å². The lowest BCUT2D eigenvalue weighted by molar-refractivity contribution is -0.00875. The predicted molar refractivity (Wildman–Crippen MR) is 157 cm³/mol. The van der Waals surface area contributed by atoms with E-state index in [0.29, 0.717) is 24.3 Å². The quantitative estimate of drug-likeness (QED) is 0.325. The molecule has 2 unspecified atom stereocenters. The molecule has 3 saturated heterocycles. The molecule has 5 aromatic heterocycles. The van der Waals surface area contributed by atoms with Crippen LogP contribution < -0.4 is 4.90 Å². The zero-order chi connectivity index (χ0) is 28.1. The predicted octanol–water partition coefficient (Wildman–Crippen LogP) is 4.13. The van der Waals surface area contributed by atoms with E-state index in [1.165, 1.54) is 12.0 Å². The summed E-state index contributed by atoms with van der Waals surface area (Å²) < 4.78 is 1.90. The molecule has 2 atom stereocenters. The highest BCUT2D eigenvalue weighted by atomic mass is 15.4. The van der Waals surface area contributed by atoms with Gasteiger partial charge >= 0.3 is 0 Å². The second-order valence-corrected chi connectivity index (χ2v) is 11.4. The first-order valence-electron chi connectivity index (χ1n) is 14.2. The first-order chi connectivity index (χ1) is 19.9. The lowest BCUT2D eigenvalue weighted by Gasteiger charge is -2.56. The van der Waals surface area contributed by atoms with Crippen LogP contribution in [0.2, 0.25) is 0 Å². The van der Waals surface area contributed by atoms with Gasteiger partial charge in [-0.2, -0.15) is 10.2 Å². The number of rotatable bonds is 7. The molecule has 3 aliphatic heterocycles. The highest BCUT2D eigenvalue weighted by Gasteiger charge is 2.44. The topological polar surface area (TPSA) is 105 Å². The monoisotopic (exact) mass is 546 g/mol. The fraction of sp³-hybridized carbons (Fsp3) is 0.355. The molecule has 8 heterocycles. The molecule has 0 spiro atoms. The molecule has 5 aromatic rings. The molecular formula is C31H34N10. The Hall–Kier alpha value is -4.44. The number of pyridine rings is 2. The van der Waals surface area contributed by atoms with Gasteiger partial charge in [0.15, 0.2) is 11.6 Å². The van der Waals surface area contributed by atoms with E-state index < -0.39 is 0 Å². The van der Waals surface area contributed by atoms with Crippen molar-refractivity contribution in [2.75, 3.05) is 18.0 Å². The van der Waals surface area contributed by atoms with Crippen molar-refractivity contribution < 1.29 is 0 Å². The van der Waals surface area contributed by atoms with Gasteiger partial charge in [0.05, 0.1) is 17.1 Å². The first kappa shape index (κ1) is 25.5. The Morgan fingerprint density at radius 3 is 2.29 bits per heavy atom. The average Bonchev–Trinajstić information content (AvgIpc) is 3.54. The number of anilines is 1. The van der Waals surface area contributed by atoms with Crippen LogP contribution in [0.3, 0.4) is 0 Å². The standard InChI is InChI=1S/C31H34N10/c1-19-10-25(12-26-11-20(2)36-37-26)35-31(34-19)24-6-8-29(33-15-24)39-17-27-13-28(18-39)40(27)16-23-5-7-30(32-14-23)41-22(4)9-21(3)38-41/h5-11,14-15,27-28H,12-13,16-18H2,1-4H3,(H,36,37). The molecular weight excluding hydrogens is 512 g/mol. The lowest BCUT2D eigenvalue weighted by Crippen LogP contribution is -2.68. The van der Waals surface area contributed by atoms with Crippen molar-refractivity contribution in [2.45, 2.75) is 59.2 Å². The van der Waals surface area contributed by atoms with Gasteiger partial charge in [0, 0.05) is 73.2 Å². The Morgan fingerprint density at radius 2 is 1.63 bits per heavy atom. The van der Waals surface area contributed by atoms with Gasteiger partial charge in [-0.1, -0.05) is 6.07 Å². The molecule has 8 rings (SSSR count). The van der Waals surface area contributed by atoms with Gasteiger partial charge < -0.3 is 4.90 Å². The average molecular weight is 547 g/mol. The number of piperazine rings is 1. The Kier molecular flexibility index (Phi) is 6.34. The first-order valence-corrected chi connectivity index (χ1v) is 14.2. The van der Waals surface area contributed by atoms with Crippen LogP contribution in [0.1, 0.15) is 46.1 Å². The number of hydrogen-bond donors (Lipinski definition) is 1. The van der Waals surface area contributed by atoms with Crippen molar-refractivity contribution in [1.29, 1.82) is 0 Å². The molecule has 10 heteroatoms. The van der Waals surface area contributed by atoms with E-state index in [2.05, 4.69) is 73.4 Å². The van der Waals surface area contributed by atoms with Crippen LogP contribution >= 0.6 is 0 Å². The Balaban J connectivity index is 0.990. The van der Waals surface area contributed by atoms with Gasteiger partial charge in [-0.15, -0.1) is 0 Å². The van der Waals surface area contributed by atoms with E-state index in [9.17, 15) is 0 Å². The summed E-state index contributed by atoms with van der Waals surface area (Å²) >= 11 is 0. The van der Waals surface area contributed by atoms with Gasteiger partial charge in [0.1, 0.15) is 5.82 Å². The van der Waals surface area contributed by atoms with Crippen LogP contribution in [0.4, 0.5) is 5.82 Å². The number of aromatic amines is 1. The van der Waals surface area contributed by atoms with Crippen molar-refractivity contribution >= 4 is 5.82 Å². The maximum atomic E-state index is 4.83. The molecule has 1 N–H and O–H groups in total. The third-order valence-electron chi connectivity index (χ3n) is 8.10. The summed E-state index contributed by atoms with van der Waals surface area (Å²) in [5.74, 6) is 2.58. The second kappa shape index (κ2) is 10.2. The van der Waals surface area contributed by atoms with Gasteiger partial charge in [-0.3, -0.25) is 10.00 Å². The van der Waals surface area contributed by atoms with Crippen molar-refractivity contribution in [3.05, 3.63) is 94.6 Å². The third-order valence-corrected chi connectivity index (χ3v) is 8.10. The zero-order valence-electron chi connectivity index (χ0n) is 23.9. The number of fused-ring (bicyclic) bond motifs is 2. The Labute approximate surface area is 239 Å². The Bertz CT molecular complexity index is 1670. The van der Waals surface area contributed by atoms with Crippen molar-refractivity contribution in [2.24, 2.45) is 0 Å². The van der Waals surface area contributed by atoms with Crippen LogP contribution in [0.25, 0.3) is 17.2 Å². The molecule has 3 fully saturated rings. The van der Waals surface area contributed by atoms with Crippen molar-refractivity contribution in [1.82, 2.24) is 44.8 Å². The molecule has 0 aromatic carbocycles. The van der Waals surface area contributed by atoms with Crippen LogP contribution in [0, 0.1) is 27.7 Å². The Morgan fingerprint density at radius 1 is 0.829 bits per heavy atom. The number of piperidine rings is 1. The van der Waals surface area contributed by atoms with E-state index in [4.69, 9.17) is 15.0 Å². The van der Waals surface area contributed by atoms with E-state index in [-0.39, 0.29) is 0 Å². The molecule has 3 aliphatic rings. The molecule has 208 valence electrons. The van der Waals surface area contributed by atoms with Gasteiger partial charge in [0.2, 0.25) is 0 Å². The maximum Gasteiger partial charge on any atom is 0.161 e. The summed E-state index contributed by atoms with van der Waals surface area (Å²) in [4.78, 5) is 24.0. The normalized spacial score (nSPS) is 18.5. The van der Waals surface area contributed by atoms with Gasteiger partial charge in [0.25, 0.3) is 0 Å². The fourth-order valence-corrected chi connectivity index (χ4v) is 6.15. The molecule has 2 bridgehead atoms. The van der Waals surface area contributed by atoms with Gasteiger partial charge in [-0.05, 0) is 76.1 Å². The summed E-state index contributed by atoms with van der Waals surface area (Å²) in [6.07, 6.45) is 5.80. The maximum absolute atomic E-state index is 4.83. The van der Waals surface area contributed by atoms with Crippen LogP contribution in [0.5, 0.6) is 0 Å². The largest absolute Gasteiger partial charge is 0.353 e. The number of aromatic nitrogens is 8. The highest BCUT2D eigenvalue weighted by Crippen LogP contribution is 2.35. The third kappa shape index (κ3) is 5.11. The summed E-state index contributed by atoms with van der Waals surface area (Å²) in [6.45, 7) is 11.0. The summed E-state index contributed by atoms with van der Waals surface area (Å²) in [5.41, 5.74) is 8.18.